The van der Waals surface area contributed by atoms with E-state index in [1.165, 1.54) is 21.6 Å². The van der Waals surface area contributed by atoms with Crippen molar-refractivity contribution in [3.8, 4) is 0 Å². The Balaban J connectivity index is 2.18. The molecule has 1 nitrogen and oxygen atoms in total. The number of aryl methyl sites for hydroxylation is 1. The third kappa shape index (κ3) is 4.55. The molecule has 0 amide bonds. The highest BCUT2D eigenvalue weighted by molar-refractivity contribution is 8.02. The van der Waals surface area contributed by atoms with E-state index >= 15 is 0 Å². The number of rotatable bonds is 5. The van der Waals surface area contributed by atoms with Crippen LogP contribution in [0.5, 0.6) is 0 Å². The second kappa shape index (κ2) is 7.32. The molecule has 0 heterocycles. The van der Waals surface area contributed by atoms with Crippen molar-refractivity contribution < 1.29 is 0 Å². The Hall–Kier alpha value is -1.51. The minimum Gasteiger partial charge on any atom is -0.305 e. The lowest BCUT2D eigenvalue weighted by Gasteiger charge is -2.14. The van der Waals surface area contributed by atoms with Gasteiger partial charge in [-0.1, -0.05) is 59.8 Å². The maximum absolute atomic E-state index is 2.26. The first-order valence-corrected chi connectivity index (χ1v) is 7.65. The Kier molecular flexibility index (Phi) is 5.45. The maximum atomic E-state index is 2.26. The lowest BCUT2D eigenvalue weighted by Crippen LogP contribution is -2.14. The minimum atomic E-state index is 0.947. The highest BCUT2D eigenvalue weighted by Crippen LogP contribution is 2.25. The summed E-state index contributed by atoms with van der Waals surface area (Å²) in [6.45, 7) is 3.06. The molecule has 2 aromatic carbocycles. The van der Waals surface area contributed by atoms with Crippen molar-refractivity contribution in [2.75, 3.05) is 20.6 Å². The largest absolute Gasteiger partial charge is 0.305 e. The summed E-state index contributed by atoms with van der Waals surface area (Å²) in [5.41, 5.74) is 3.94. The first-order valence-electron chi connectivity index (χ1n) is 6.77. The van der Waals surface area contributed by atoms with Crippen LogP contribution in [0.15, 0.2) is 64.9 Å². The molecule has 2 heteroatoms. The van der Waals surface area contributed by atoms with E-state index in [9.17, 15) is 0 Å². The molecular weight excluding hydrogens is 262 g/mol. The van der Waals surface area contributed by atoms with E-state index in [1.807, 2.05) is 0 Å². The molecule has 0 radical (unpaired) electrons. The Morgan fingerprint density at radius 3 is 2.25 bits per heavy atom. The predicted molar refractivity (Wildman–Crippen MR) is 90.0 cm³/mol. The van der Waals surface area contributed by atoms with Crippen LogP contribution in [-0.4, -0.2) is 25.5 Å². The summed E-state index contributed by atoms with van der Waals surface area (Å²) in [7, 11) is 4.21. The molecule has 0 spiro atoms. The quantitative estimate of drug-likeness (QED) is 0.732. The molecule has 104 valence electrons. The summed E-state index contributed by atoms with van der Waals surface area (Å²) in [4.78, 5) is 3.48. The number of thioether (sulfide) groups is 1. The Bertz CT molecular complexity index is 556. The van der Waals surface area contributed by atoms with Crippen LogP contribution in [0.1, 0.15) is 11.1 Å². The van der Waals surface area contributed by atoms with E-state index in [2.05, 4.69) is 85.9 Å². The van der Waals surface area contributed by atoms with Crippen LogP contribution in [0, 0.1) is 6.92 Å². The monoisotopic (exact) mass is 283 g/mol. The molecule has 0 saturated carbocycles. The minimum absolute atomic E-state index is 0.947. The SMILES string of the molecule is Cc1ccc(SC=C(CN(C)C)c2ccccc2)cc1. The van der Waals surface area contributed by atoms with E-state index in [0.717, 1.165) is 6.54 Å². The van der Waals surface area contributed by atoms with Gasteiger partial charge in [0.05, 0.1) is 0 Å². The Labute approximate surface area is 126 Å². The van der Waals surface area contributed by atoms with Gasteiger partial charge in [0.15, 0.2) is 0 Å². The molecule has 0 aliphatic rings. The Morgan fingerprint density at radius 2 is 1.65 bits per heavy atom. The summed E-state index contributed by atoms with van der Waals surface area (Å²) in [5.74, 6) is 0. The van der Waals surface area contributed by atoms with E-state index in [-0.39, 0.29) is 0 Å². The Morgan fingerprint density at radius 1 is 1.00 bits per heavy atom. The van der Waals surface area contributed by atoms with Crippen LogP contribution >= 0.6 is 11.8 Å². The molecule has 0 aromatic heterocycles. The van der Waals surface area contributed by atoms with Crippen molar-refractivity contribution in [1.29, 1.82) is 0 Å². The van der Waals surface area contributed by atoms with Gasteiger partial charge >= 0.3 is 0 Å². The fourth-order valence-corrected chi connectivity index (χ4v) is 2.73. The number of hydrogen-bond donors (Lipinski definition) is 0. The summed E-state index contributed by atoms with van der Waals surface area (Å²) >= 11 is 1.79. The van der Waals surface area contributed by atoms with E-state index in [1.54, 1.807) is 11.8 Å². The standard InChI is InChI=1S/C18H21NS/c1-15-9-11-18(12-10-15)20-14-17(13-19(2)3)16-7-5-4-6-8-16/h4-12,14H,13H2,1-3H3. The maximum Gasteiger partial charge on any atom is 0.0238 e. The lowest BCUT2D eigenvalue weighted by atomic mass is 10.1. The smallest absolute Gasteiger partial charge is 0.0238 e. The van der Waals surface area contributed by atoms with Gasteiger partial charge in [-0.2, -0.15) is 0 Å². The van der Waals surface area contributed by atoms with E-state index in [4.69, 9.17) is 0 Å². The van der Waals surface area contributed by atoms with Crippen molar-refractivity contribution in [3.63, 3.8) is 0 Å². The van der Waals surface area contributed by atoms with Crippen molar-refractivity contribution >= 4 is 17.3 Å². The van der Waals surface area contributed by atoms with Gasteiger partial charge in [-0.15, -0.1) is 0 Å². The third-order valence-corrected chi connectivity index (χ3v) is 3.94. The van der Waals surface area contributed by atoms with Gasteiger partial charge in [-0.25, -0.2) is 0 Å². The molecular formula is C18H21NS. The van der Waals surface area contributed by atoms with Gasteiger partial charge in [0, 0.05) is 11.4 Å². The van der Waals surface area contributed by atoms with Crippen LogP contribution in [0.3, 0.4) is 0 Å². The topological polar surface area (TPSA) is 3.24 Å². The zero-order valence-electron chi connectivity index (χ0n) is 12.3. The molecule has 2 rings (SSSR count). The van der Waals surface area contributed by atoms with Crippen LogP contribution in [0.25, 0.3) is 5.57 Å². The van der Waals surface area contributed by atoms with Crippen molar-refractivity contribution in [3.05, 3.63) is 71.1 Å². The normalized spacial score (nSPS) is 11.9. The first kappa shape index (κ1) is 14.9. The average molecular weight is 283 g/mol. The molecule has 0 N–H and O–H groups in total. The molecule has 0 bridgehead atoms. The van der Waals surface area contributed by atoms with Gasteiger partial charge in [-0.05, 0) is 49.7 Å². The van der Waals surface area contributed by atoms with Crippen molar-refractivity contribution in [2.24, 2.45) is 0 Å². The summed E-state index contributed by atoms with van der Waals surface area (Å²) in [6.07, 6.45) is 0. The van der Waals surface area contributed by atoms with Crippen LogP contribution in [0.4, 0.5) is 0 Å². The van der Waals surface area contributed by atoms with Gasteiger partial charge in [0.1, 0.15) is 0 Å². The second-order valence-corrected chi connectivity index (χ2v) is 6.12. The number of likely N-dealkylation sites (N-methyl/N-ethyl adjacent to an activating group) is 1. The third-order valence-electron chi connectivity index (χ3n) is 2.99. The fourth-order valence-electron chi connectivity index (χ4n) is 1.95. The number of nitrogens with zero attached hydrogens (tertiary/aromatic N) is 1. The van der Waals surface area contributed by atoms with Gasteiger partial charge < -0.3 is 4.90 Å². The lowest BCUT2D eigenvalue weighted by molar-refractivity contribution is 0.463. The molecule has 0 saturated heterocycles. The zero-order chi connectivity index (χ0) is 14.4. The van der Waals surface area contributed by atoms with Crippen LogP contribution in [0.2, 0.25) is 0 Å². The van der Waals surface area contributed by atoms with Gasteiger partial charge in [0.25, 0.3) is 0 Å². The molecule has 0 fully saturated rings. The first-order chi connectivity index (χ1) is 9.65. The second-order valence-electron chi connectivity index (χ2n) is 5.18. The van der Waals surface area contributed by atoms with Crippen LogP contribution in [-0.2, 0) is 0 Å². The van der Waals surface area contributed by atoms with Gasteiger partial charge in [0.2, 0.25) is 0 Å². The van der Waals surface area contributed by atoms with Crippen molar-refractivity contribution in [1.82, 2.24) is 4.90 Å². The predicted octanol–water partition coefficient (Wildman–Crippen LogP) is 4.69. The van der Waals surface area contributed by atoms with Crippen LogP contribution < -0.4 is 0 Å². The van der Waals surface area contributed by atoms with E-state index in [0.29, 0.717) is 0 Å². The summed E-state index contributed by atoms with van der Waals surface area (Å²) < 4.78 is 0. The molecule has 0 atom stereocenters. The molecule has 0 aliphatic carbocycles. The molecule has 20 heavy (non-hydrogen) atoms. The fraction of sp³-hybridized carbons (Fsp3) is 0.222. The highest BCUT2D eigenvalue weighted by Gasteiger charge is 2.03. The number of hydrogen-bond acceptors (Lipinski definition) is 2. The van der Waals surface area contributed by atoms with E-state index < -0.39 is 0 Å². The highest BCUT2D eigenvalue weighted by atomic mass is 32.2. The molecule has 0 aliphatic heterocycles. The summed E-state index contributed by atoms with van der Waals surface area (Å²) in [6, 6.07) is 19.3. The molecule has 0 unspecified atom stereocenters. The number of benzene rings is 2. The summed E-state index contributed by atoms with van der Waals surface area (Å²) in [5, 5.41) is 2.26. The zero-order valence-corrected chi connectivity index (χ0v) is 13.2. The molecule has 2 aromatic rings. The average Bonchev–Trinajstić information content (AvgIpc) is 2.46. The van der Waals surface area contributed by atoms with Gasteiger partial charge in [-0.3, -0.25) is 0 Å². The van der Waals surface area contributed by atoms with Crippen molar-refractivity contribution in [2.45, 2.75) is 11.8 Å².